The molecule has 0 saturated carbocycles. The van der Waals surface area contributed by atoms with E-state index in [1.807, 2.05) is 0 Å². The third-order valence-corrected chi connectivity index (χ3v) is 6.07. The second-order valence-electron chi connectivity index (χ2n) is 7.71. The van der Waals surface area contributed by atoms with Crippen LogP contribution in [0.1, 0.15) is 52.4 Å². The molecule has 140 valence electrons. The first-order chi connectivity index (χ1) is 11.6. The van der Waals surface area contributed by atoms with Crippen molar-refractivity contribution in [3.05, 3.63) is 0 Å². The highest BCUT2D eigenvalue weighted by atomic mass is 16.3. The van der Waals surface area contributed by atoms with Gasteiger partial charge in [-0.25, -0.2) is 0 Å². The molecule has 2 aliphatic heterocycles. The Bertz CT molecular complexity index is 383. The maximum atomic E-state index is 12.9. The SMILES string of the molecule is CC[C@H]1CCCCN1C(=O)[C@@H](C)N(C)CC1CCN(CCO)CC1. The second-order valence-corrected chi connectivity index (χ2v) is 7.71. The molecule has 5 nitrogen and oxygen atoms in total. The summed E-state index contributed by atoms with van der Waals surface area (Å²) < 4.78 is 0. The van der Waals surface area contributed by atoms with Crippen molar-refractivity contribution in [1.29, 1.82) is 0 Å². The van der Waals surface area contributed by atoms with Gasteiger partial charge in [-0.15, -0.1) is 0 Å². The molecule has 0 aromatic heterocycles. The molecule has 2 atom stereocenters. The van der Waals surface area contributed by atoms with Gasteiger partial charge in [0.1, 0.15) is 0 Å². The van der Waals surface area contributed by atoms with E-state index < -0.39 is 0 Å². The number of aliphatic hydroxyl groups is 1. The van der Waals surface area contributed by atoms with E-state index in [1.54, 1.807) is 0 Å². The molecule has 0 aliphatic carbocycles. The fourth-order valence-corrected chi connectivity index (χ4v) is 4.24. The normalized spacial score (nSPS) is 25.2. The molecule has 2 aliphatic rings. The third-order valence-electron chi connectivity index (χ3n) is 6.07. The maximum absolute atomic E-state index is 12.9. The number of nitrogens with zero attached hydrogens (tertiary/aromatic N) is 3. The number of aliphatic hydroxyl groups excluding tert-OH is 1. The molecule has 2 fully saturated rings. The highest BCUT2D eigenvalue weighted by molar-refractivity contribution is 5.81. The van der Waals surface area contributed by atoms with Crippen LogP contribution in [0.4, 0.5) is 0 Å². The van der Waals surface area contributed by atoms with Gasteiger partial charge in [0.25, 0.3) is 0 Å². The number of β-amino-alcohol motifs (C(OH)–C–C–N with tert-alkyl or cyclic N) is 1. The van der Waals surface area contributed by atoms with Crippen LogP contribution in [0.5, 0.6) is 0 Å². The Morgan fingerprint density at radius 3 is 2.54 bits per heavy atom. The van der Waals surface area contributed by atoms with Crippen molar-refractivity contribution in [3.63, 3.8) is 0 Å². The van der Waals surface area contributed by atoms with E-state index in [2.05, 4.69) is 35.6 Å². The van der Waals surface area contributed by atoms with Gasteiger partial charge in [0, 0.05) is 25.7 Å². The van der Waals surface area contributed by atoms with Gasteiger partial charge in [0.05, 0.1) is 12.6 Å². The van der Waals surface area contributed by atoms with E-state index in [1.165, 1.54) is 25.7 Å². The van der Waals surface area contributed by atoms with Gasteiger partial charge in [-0.2, -0.15) is 0 Å². The number of rotatable bonds is 7. The van der Waals surface area contributed by atoms with Crippen molar-refractivity contribution in [2.24, 2.45) is 5.92 Å². The predicted molar refractivity (Wildman–Crippen MR) is 98.0 cm³/mol. The number of hydrogen-bond donors (Lipinski definition) is 1. The van der Waals surface area contributed by atoms with Crippen molar-refractivity contribution in [1.82, 2.24) is 14.7 Å². The average molecular weight is 340 g/mol. The molecule has 0 unspecified atom stereocenters. The fourth-order valence-electron chi connectivity index (χ4n) is 4.24. The molecule has 2 saturated heterocycles. The van der Waals surface area contributed by atoms with Gasteiger partial charge in [-0.1, -0.05) is 6.92 Å². The summed E-state index contributed by atoms with van der Waals surface area (Å²) in [5, 5.41) is 9.04. The number of likely N-dealkylation sites (tertiary alicyclic amines) is 2. The molecule has 2 heterocycles. The van der Waals surface area contributed by atoms with Gasteiger partial charge >= 0.3 is 0 Å². The average Bonchev–Trinajstić information content (AvgIpc) is 2.62. The number of carbonyl (C=O) groups excluding carboxylic acids is 1. The van der Waals surface area contributed by atoms with E-state index >= 15 is 0 Å². The van der Waals surface area contributed by atoms with Crippen molar-refractivity contribution >= 4 is 5.91 Å². The monoisotopic (exact) mass is 339 g/mol. The van der Waals surface area contributed by atoms with Crippen molar-refractivity contribution in [2.75, 3.05) is 46.4 Å². The summed E-state index contributed by atoms with van der Waals surface area (Å²) in [7, 11) is 2.10. The Morgan fingerprint density at radius 1 is 1.21 bits per heavy atom. The molecule has 0 bridgehead atoms. The minimum Gasteiger partial charge on any atom is -0.395 e. The van der Waals surface area contributed by atoms with Gasteiger partial charge in [-0.05, 0) is 71.5 Å². The highest BCUT2D eigenvalue weighted by Crippen LogP contribution is 2.23. The lowest BCUT2D eigenvalue weighted by molar-refractivity contribution is -0.140. The zero-order chi connectivity index (χ0) is 17.5. The summed E-state index contributed by atoms with van der Waals surface area (Å²) in [5.74, 6) is 0.991. The Morgan fingerprint density at radius 2 is 1.92 bits per heavy atom. The van der Waals surface area contributed by atoms with Crippen molar-refractivity contribution in [2.45, 2.75) is 64.5 Å². The molecule has 5 heteroatoms. The lowest BCUT2D eigenvalue weighted by atomic mass is 9.95. The van der Waals surface area contributed by atoms with Crippen LogP contribution in [0, 0.1) is 5.92 Å². The van der Waals surface area contributed by atoms with Crippen LogP contribution < -0.4 is 0 Å². The zero-order valence-corrected chi connectivity index (χ0v) is 15.9. The summed E-state index contributed by atoms with van der Waals surface area (Å²) in [4.78, 5) is 19.7. The van der Waals surface area contributed by atoms with Gasteiger partial charge in [0.15, 0.2) is 0 Å². The summed E-state index contributed by atoms with van der Waals surface area (Å²) in [6.45, 7) is 9.42. The first-order valence-corrected chi connectivity index (χ1v) is 9.90. The summed E-state index contributed by atoms with van der Waals surface area (Å²) in [6, 6.07) is 0.427. The molecule has 1 amide bonds. The fraction of sp³-hybridized carbons (Fsp3) is 0.947. The molecular formula is C19H37N3O2. The zero-order valence-electron chi connectivity index (χ0n) is 15.9. The minimum absolute atomic E-state index is 0.0207. The molecule has 24 heavy (non-hydrogen) atoms. The van der Waals surface area contributed by atoms with Crippen LogP contribution in [0.15, 0.2) is 0 Å². The molecular weight excluding hydrogens is 302 g/mol. The molecule has 0 radical (unpaired) electrons. The van der Waals surface area contributed by atoms with E-state index in [-0.39, 0.29) is 12.6 Å². The number of hydrogen-bond acceptors (Lipinski definition) is 4. The van der Waals surface area contributed by atoms with Crippen LogP contribution in [0.3, 0.4) is 0 Å². The first kappa shape index (κ1) is 19.7. The highest BCUT2D eigenvalue weighted by Gasteiger charge is 2.31. The van der Waals surface area contributed by atoms with E-state index in [4.69, 9.17) is 5.11 Å². The Labute approximate surface area is 148 Å². The van der Waals surface area contributed by atoms with Gasteiger partial charge in [-0.3, -0.25) is 9.69 Å². The lowest BCUT2D eigenvalue weighted by Gasteiger charge is -2.40. The molecule has 0 spiro atoms. The number of likely N-dealkylation sites (N-methyl/N-ethyl adjacent to an activating group) is 1. The largest absolute Gasteiger partial charge is 0.395 e. The Hall–Kier alpha value is -0.650. The summed E-state index contributed by atoms with van der Waals surface area (Å²) in [6.07, 6.45) is 7.01. The van der Waals surface area contributed by atoms with Crippen LogP contribution in [0.25, 0.3) is 0 Å². The smallest absolute Gasteiger partial charge is 0.239 e. The van der Waals surface area contributed by atoms with E-state index in [0.29, 0.717) is 17.9 Å². The van der Waals surface area contributed by atoms with Crippen LogP contribution in [-0.2, 0) is 4.79 Å². The predicted octanol–water partition coefficient (Wildman–Crippen LogP) is 1.80. The minimum atomic E-state index is -0.0207. The van der Waals surface area contributed by atoms with Gasteiger partial charge in [0.2, 0.25) is 5.91 Å². The Kier molecular flexibility index (Phi) is 7.98. The standard InChI is InChI=1S/C19H37N3O2/c1-4-18-7-5-6-10-22(18)19(24)16(2)20(3)15-17-8-11-21(12-9-17)13-14-23/h16-18,23H,4-15H2,1-3H3/t16-,18+/m1/s1. The molecule has 0 aromatic rings. The number of piperidine rings is 2. The van der Waals surface area contributed by atoms with Crippen LogP contribution in [-0.4, -0.2) is 84.2 Å². The first-order valence-electron chi connectivity index (χ1n) is 9.90. The molecule has 2 rings (SSSR count). The number of carbonyl (C=O) groups is 1. The lowest BCUT2D eigenvalue weighted by Crippen LogP contribution is -2.52. The van der Waals surface area contributed by atoms with Crippen LogP contribution in [0.2, 0.25) is 0 Å². The third kappa shape index (κ3) is 5.17. The maximum Gasteiger partial charge on any atom is 0.239 e. The van der Waals surface area contributed by atoms with E-state index in [0.717, 1.165) is 45.6 Å². The number of amides is 1. The van der Waals surface area contributed by atoms with E-state index in [9.17, 15) is 4.79 Å². The second kappa shape index (κ2) is 9.73. The molecule has 1 N–H and O–H groups in total. The topological polar surface area (TPSA) is 47.0 Å². The Balaban J connectivity index is 1.81. The summed E-state index contributed by atoms with van der Waals surface area (Å²) >= 11 is 0. The van der Waals surface area contributed by atoms with Crippen molar-refractivity contribution in [3.8, 4) is 0 Å². The summed E-state index contributed by atoms with van der Waals surface area (Å²) in [5.41, 5.74) is 0. The quantitative estimate of drug-likeness (QED) is 0.768. The van der Waals surface area contributed by atoms with Gasteiger partial charge < -0.3 is 14.9 Å². The molecule has 0 aromatic carbocycles. The van der Waals surface area contributed by atoms with Crippen LogP contribution >= 0.6 is 0 Å². The van der Waals surface area contributed by atoms with Crippen molar-refractivity contribution < 1.29 is 9.90 Å².